The van der Waals surface area contributed by atoms with Gasteiger partial charge in [0.2, 0.25) is 5.91 Å². The van der Waals surface area contributed by atoms with Gasteiger partial charge in [0.05, 0.1) is 13.7 Å². The van der Waals surface area contributed by atoms with Gasteiger partial charge in [-0.2, -0.15) is 0 Å². The Labute approximate surface area is 135 Å². The molecule has 0 spiro atoms. The Morgan fingerprint density at radius 2 is 1.77 bits per heavy atom. The third kappa shape index (κ3) is 5.39. The van der Waals surface area contributed by atoms with Gasteiger partial charge in [0.15, 0.2) is 0 Å². The van der Waals surface area contributed by atoms with E-state index in [4.69, 9.17) is 16.3 Å². The molecule has 0 aliphatic heterocycles. The summed E-state index contributed by atoms with van der Waals surface area (Å²) in [4.78, 5) is 11.8. The predicted octanol–water partition coefficient (Wildman–Crippen LogP) is 3.12. The number of nitrogens with one attached hydrogen (secondary N) is 2. The maximum absolute atomic E-state index is 11.8. The average molecular weight is 319 g/mol. The van der Waals surface area contributed by atoms with Crippen molar-refractivity contribution in [2.45, 2.75) is 6.42 Å². The number of hydrogen-bond donors (Lipinski definition) is 2. The van der Waals surface area contributed by atoms with Gasteiger partial charge in [0.25, 0.3) is 0 Å². The van der Waals surface area contributed by atoms with Crippen LogP contribution in [0.1, 0.15) is 5.56 Å². The molecular formula is C17H19ClN2O2. The zero-order valence-electron chi connectivity index (χ0n) is 12.4. The highest BCUT2D eigenvalue weighted by Gasteiger charge is 2.02. The lowest BCUT2D eigenvalue weighted by molar-refractivity contribution is -0.115. The van der Waals surface area contributed by atoms with Crippen LogP contribution >= 0.6 is 11.6 Å². The van der Waals surface area contributed by atoms with Gasteiger partial charge in [-0.3, -0.25) is 4.79 Å². The number of rotatable bonds is 7. The summed E-state index contributed by atoms with van der Waals surface area (Å²) < 4.78 is 5.07. The molecule has 22 heavy (non-hydrogen) atoms. The lowest BCUT2D eigenvalue weighted by atomic mass is 10.1. The number of ether oxygens (including phenoxy) is 1. The molecule has 0 heterocycles. The summed E-state index contributed by atoms with van der Waals surface area (Å²) >= 11 is 5.83. The number of carbonyl (C=O) groups excluding carboxylic acids is 1. The molecular weight excluding hydrogens is 300 g/mol. The summed E-state index contributed by atoms with van der Waals surface area (Å²) in [6.45, 7) is 1.01. The second kappa shape index (κ2) is 8.41. The Morgan fingerprint density at radius 3 is 2.41 bits per heavy atom. The zero-order chi connectivity index (χ0) is 15.8. The number of methoxy groups -OCH3 is 1. The molecule has 2 rings (SSSR count). The molecule has 4 nitrogen and oxygen atoms in total. The molecule has 5 heteroatoms. The van der Waals surface area contributed by atoms with Crippen molar-refractivity contribution < 1.29 is 9.53 Å². The maximum Gasteiger partial charge on any atom is 0.238 e. The molecule has 0 unspecified atom stereocenters. The van der Waals surface area contributed by atoms with E-state index in [1.54, 1.807) is 7.11 Å². The molecule has 0 saturated heterocycles. The summed E-state index contributed by atoms with van der Waals surface area (Å²) in [5.41, 5.74) is 1.94. The van der Waals surface area contributed by atoms with Gasteiger partial charge in [-0.25, -0.2) is 0 Å². The van der Waals surface area contributed by atoms with Gasteiger partial charge in [-0.05, 0) is 54.9 Å². The molecule has 0 aliphatic rings. The first-order chi connectivity index (χ1) is 10.7. The monoisotopic (exact) mass is 318 g/mol. The number of amides is 1. The number of halogens is 1. The van der Waals surface area contributed by atoms with Crippen LogP contribution in [0.4, 0.5) is 5.69 Å². The zero-order valence-corrected chi connectivity index (χ0v) is 13.2. The lowest BCUT2D eigenvalue weighted by Gasteiger charge is -2.07. The van der Waals surface area contributed by atoms with Crippen molar-refractivity contribution in [1.29, 1.82) is 0 Å². The van der Waals surface area contributed by atoms with E-state index in [0.29, 0.717) is 0 Å². The molecule has 0 aliphatic carbocycles. The summed E-state index contributed by atoms with van der Waals surface area (Å²) in [6, 6.07) is 14.9. The van der Waals surface area contributed by atoms with E-state index in [9.17, 15) is 4.79 Å². The Hall–Kier alpha value is -2.04. The second-order valence-corrected chi connectivity index (χ2v) is 5.27. The van der Waals surface area contributed by atoms with E-state index in [0.717, 1.165) is 29.4 Å². The largest absolute Gasteiger partial charge is 0.497 e. The Balaban J connectivity index is 1.67. The van der Waals surface area contributed by atoms with E-state index in [1.807, 2.05) is 48.5 Å². The Morgan fingerprint density at radius 1 is 1.09 bits per heavy atom. The molecule has 2 aromatic carbocycles. The Bertz CT molecular complexity index is 597. The van der Waals surface area contributed by atoms with Gasteiger partial charge >= 0.3 is 0 Å². The number of benzene rings is 2. The number of hydrogen-bond acceptors (Lipinski definition) is 3. The van der Waals surface area contributed by atoms with Gasteiger partial charge in [0.1, 0.15) is 5.75 Å². The fourth-order valence-electron chi connectivity index (χ4n) is 1.97. The van der Waals surface area contributed by atoms with Crippen molar-refractivity contribution in [1.82, 2.24) is 5.32 Å². The second-order valence-electron chi connectivity index (χ2n) is 4.83. The third-order valence-electron chi connectivity index (χ3n) is 3.16. The number of carbonyl (C=O) groups is 1. The van der Waals surface area contributed by atoms with Crippen molar-refractivity contribution in [3.05, 3.63) is 59.1 Å². The molecule has 0 aromatic heterocycles. The number of anilines is 1. The summed E-state index contributed by atoms with van der Waals surface area (Å²) in [7, 11) is 1.61. The van der Waals surface area contributed by atoms with Gasteiger partial charge in [-0.15, -0.1) is 0 Å². The summed E-state index contributed by atoms with van der Waals surface area (Å²) in [5.74, 6) is 0.695. The lowest BCUT2D eigenvalue weighted by Crippen LogP contribution is -2.29. The third-order valence-corrected chi connectivity index (χ3v) is 3.42. The van der Waals surface area contributed by atoms with Crippen LogP contribution in [0, 0.1) is 0 Å². The molecule has 2 N–H and O–H groups in total. The molecule has 0 atom stereocenters. The standard InChI is InChI=1S/C17H19ClN2O2/c1-22-16-8-6-15(7-9-16)20-17(21)12-19-11-10-13-2-4-14(18)5-3-13/h2-9,19H,10-12H2,1H3,(H,20,21). The van der Waals surface area contributed by atoms with Crippen LogP contribution in [0.5, 0.6) is 5.75 Å². The van der Waals surface area contributed by atoms with Gasteiger partial charge < -0.3 is 15.4 Å². The van der Waals surface area contributed by atoms with Crippen molar-refractivity contribution in [3.63, 3.8) is 0 Å². The fourth-order valence-corrected chi connectivity index (χ4v) is 2.09. The van der Waals surface area contributed by atoms with Crippen molar-refractivity contribution in [3.8, 4) is 5.75 Å². The first kappa shape index (κ1) is 16.3. The molecule has 1 amide bonds. The van der Waals surface area contributed by atoms with Gasteiger partial charge in [-0.1, -0.05) is 23.7 Å². The van der Waals surface area contributed by atoms with E-state index >= 15 is 0 Å². The molecule has 2 aromatic rings. The highest BCUT2D eigenvalue weighted by atomic mass is 35.5. The molecule has 116 valence electrons. The first-order valence-electron chi connectivity index (χ1n) is 7.06. The molecule has 0 saturated carbocycles. The van der Waals surface area contributed by atoms with Gasteiger partial charge in [0, 0.05) is 10.7 Å². The Kier molecular flexibility index (Phi) is 6.25. The van der Waals surface area contributed by atoms with Crippen LogP contribution in [-0.2, 0) is 11.2 Å². The quantitative estimate of drug-likeness (QED) is 0.771. The predicted molar refractivity (Wildman–Crippen MR) is 89.6 cm³/mol. The normalized spacial score (nSPS) is 10.3. The van der Waals surface area contributed by atoms with Crippen molar-refractivity contribution in [2.24, 2.45) is 0 Å². The highest BCUT2D eigenvalue weighted by molar-refractivity contribution is 6.30. The maximum atomic E-state index is 11.8. The summed E-state index contributed by atoms with van der Waals surface area (Å²) in [6.07, 6.45) is 0.854. The topological polar surface area (TPSA) is 50.4 Å². The SMILES string of the molecule is COc1ccc(NC(=O)CNCCc2ccc(Cl)cc2)cc1. The van der Waals surface area contributed by atoms with E-state index in [2.05, 4.69) is 10.6 Å². The van der Waals surface area contributed by atoms with Crippen LogP contribution < -0.4 is 15.4 Å². The van der Waals surface area contributed by atoms with Crippen LogP contribution in [0.25, 0.3) is 0 Å². The molecule has 0 bridgehead atoms. The van der Waals surface area contributed by atoms with Crippen molar-refractivity contribution in [2.75, 3.05) is 25.5 Å². The fraction of sp³-hybridized carbons (Fsp3) is 0.235. The summed E-state index contributed by atoms with van der Waals surface area (Å²) in [5, 5.41) is 6.68. The van der Waals surface area contributed by atoms with Crippen LogP contribution in [0.2, 0.25) is 5.02 Å². The van der Waals surface area contributed by atoms with Crippen LogP contribution in [0.15, 0.2) is 48.5 Å². The molecule has 0 fully saturated rings. The van der Waals surface area contributed by atoms with Crippen molar-refractivity contribution >= 4 is 23.2 Å². The van der Waals surface area contributed by atoms with E-state index in [-0.39, 0.29) is 12.5 Å². The minimum absolute atomic E-state index is 0.0683. The van der Waals surface area contributed by atoms with E-state index in [1.165, 1.54) is 5.56 Å². The average Bonchev–Trinajstić information content (AvgIpc) is 2.54. The smallest absolute Gasteiger partial charge is 0.238 e. The minimum atomic E-state index is -0.0683. The van der Waals surface area contributed by atoms with E-state index < -0.39 is 0 Å². The minimum Gasteiger partial charge on any atom is -0.497 e. The first-order valence-corrected chi connectivity index (χ1v) is 7.44. The van der Waals surface area contributed by atoms with Crippen LogP contribution in [-0.4, -0.2) is 26.1 Å². The molecule has 0 radical (unpaired) electrons. The van der Waals surface area contributed by atoms with Crippen LogP contribution in [0.3, 0.4) is 0 Å². The highest BCUT2D eigenvalue weighted by Crippen LogP contribution is 2.14.